The number of hydrogen-bond acceptors (Lipinski definition) is 12. The molecule has 3 amide bonds. The lowest BCUT2D eigenvalue weighted by Gasteiger charge is -2.19. The lowest BCUT2D eigenvalue weighted by molar-refractivity contribution is -0.146. The van der Waals surface area contributed by atoms with Crippen LogP contribution < -0.4 is 20.7 Å². The van der Waals surface area contributed by atoms with Crippen molar-refractivity contribution in [3.63, 3.8) is 0 Å². The number of benzene rings is 1. The van der Waals surface area contributed by atoms with Gasteiger partial charge in [-0.25, -0.2) is 9.59 Å². The second-order valence-electron chi connectivity index (χ2n) is 7.84. The summed E-state index contributed by atoms with van der Waals surface area (Å²) in [4.78, 5) is 84.8. The quantitative estimate of drug-likeness (QED) is 0.134. The molecular weight excluding hydrogens is 570 g/mol. The van der Waals surface area contributed by atoms with E-state index < -0.39 is 58.0 Å². The van der Waals surface area contributed by atoms with Gasteiger partial charge in [0.15, 0.2) is 0 Å². The maximum Gasteiger partial charge on any atom is 0.334 e. The first-order valence-electron chi connectivity index (χ1n) is 11.6. The van der Waals surface area contributed by atoms with Crippen LogP contribution in [-0.4, -0.2) is 81.9 Å². The lowest BCUT2D eigenvalue weighted by Crippen LogP contribution is -2.44. The number of carbonyl (C=O) groups excluding carboxylic acids is 7. The molecule has 0 bridgehead atoms. The molecule has 1 aromatic carbocycles. The summed E-state index contributed by atoms with van der Waals surface area (Å²) in [7, 11) is 0. The lowest BCUT2D eigenvalue weighted by atomic mass is 10.2. The van der Waals surface area contributed by atoms with Gasteiger partial charge in [-0.3, -0.25) is 24.0 Å². The van der Waals surface area contributed by atoms with Gasteiger partial charge in [-0.05, 0) is 19.1 Å². The summed E-state index contributed by atoms with van der Waals surface area (Å²) in [5.41, 5.74) is 0.0336. The van der Waals surface area contributed by atoms with E-state index in [1.807, 2.05) is 0 Å². The normalized spacial score (nSPS) is 12.7. The molecule has 1 rings (SSSR count). The molecule has 0 aromatic heterocycles. The van der Waals surface area contributed by atoms with Gasteiger partial charge < -0.3 is 25.4 Å². The number of thiol groups is 1. The molecule has 15 heteroatoms. The summed E-state index contributed by atoms with van der Waals surface area (Å²) in [5, 5.41) is 6.20. The van der Waals surface area contributed by atoms with Crippen LogP contribution in [0.4, 0.5) is 0 Å². The van der Waals surface area contributed by atoms with Crippen molar-refractivity contribution < 1.29 is 43.0 Å². The molecule has 0 aliphatic rings. The minimum atomic E-state index is -1.11. The zero-order valence-electron chi connectivity index (χ0n) is 21.8. The average Bonchev–Trinajstić information content (AvgIpc) is 2.86. The third-order valence-corrected chi connectivity index (χ3v) is 6.96. The van der Waals surface area contributed by atoms with Crippen molar-refractivity contribution in [1.82, 2.24) is 16.0 Å². The predicted octanol–water partition coefficient (Wildman–Crippen LogP) is 0.732. The third kappa shape index (κ3) is 12.6. The monoisotopic (exact) mass is 601 g/mol. The van der Waals surface area contributed by atoms with Gasteiger partial charge in [0.2, 0.25) is 28.0 Å². The highest BCUT2D eigenvalue weighted by Gasteiger charge is 2.28. The largest absolute Gasteiger partial charge is 0.464 e. The van der Waals surface area contributed by atoms with E-state index in [1.165, 1.54) is 32.9 Å². The van der Waals surface area contributed by atoms with Crippen LogP contribution in [0.1, 0.15) is 38.1 Å². The summed E-state index contributed by atoms with van der Waals surface area (Å²) in [6, 6.07) is 2.71. The minimum Gasteiger partial charge on any atom is -0.464 e. The zero-order valence-corrected chi connectivity index (χ0v) is 24.3. The van der Waals surface area contributed by atoms with Gasteiger partial charge in [0.05, 0.1) is 12.2 Å². The number of amides is 3. The van der Waals surface area contributed by atoms with Crippen molar-refractivity contribution in [2.45, 2.75) is 45.8 Å². The van der Waals surface area contributed by atoms with Gasteiger partial charge in [0.25, 0.3) is 0 Å². The number of para-hydroxylation sites is 1. The summed E-state index contributed by atoms with van der Waals surface area (Å²) in [5.74, 6) is -3.38. The molecule has 3 unspecified atom stereocenters. The Bertz CT molecular complexity index is 1080. The fourth-order valence-electron chi connectivity index (χ4n) is 2.90. The Kier molecular flexibility index (Phi) is 15.3. The van der Waals surface area contributed by atoms with Crippen LogP contribution in [0.3, 0.4) is 0 Å². The highest BCUT2D eigenvalue weighted by Crippen LogP contribution is 2.25. The Morgan fingerprint density at radius 1 is 0.795 bits per heavy atom. The van der Waals surface area contributed by atoms with E-state index in [1.54, 1.807) is 19.1 Å². The number of thioether (sulfide) groups is 2. The third-order valence-electron chi connectivity index (χ3n) is 4.55. The molecule has 3 atom stereocenters. The van der Waals surface area contributed by atoms with Crippen LogP contribution in [0, 0.1) is 0 Å². The Morgan fingerprint density at radius 2 is 1.33 bits per heavy atom. The summed E-state index contributed by atoms with van der Waals surface area (Å²) in [6.07, 6.45) is 0. The van der Waals surface area contributed by atoms with Crippen LogP contribution in [0.25, 0.3) is 0 Å². The second-order valence-corrected chi connectivity index (χ2v) is 10.2. The molecule has 0 aliphatic heterocycles. The second kappa shape index (κ2) is 17.5. The fraction of sp³-hybridized carbons (Fsp3) is 0.458. The molecule has 0 fully saturated rings. The maximum absolute atomic E-state index is 13.0. The van der Waals surface area contributed by atoms with Crippen molar-refractivity contribution >= 4 is 76.0 Å². The van der Waals surface area contributed by atoms with Gasteiger partial charge in [-0.15, -0.1) is 0 Å². The SMILES string of the molecule is CCOC(=O)C(CSC(=O)C(CSC(=O)c1ccccc1OC(=O)C(CS)NC(C)=O)NC(C)=O)NC(C)=O. The molecule has 0 spiro atoms. The smallest absolute Gasteiger partial charge is 0.334 e. The molecule has 39 heavy (non-hydrogen) atoms. The number of ether oxygens (including phenoxy) is 2. The Hall–Kier alpha value is -3.04. The van der Waals surface area contributed by atoms with E-state index in [0.29, 0.717) is 23.5 Å². The number of rotatable bonds is 14. The Labute approximate surface area is 239 Å². The average molecular weight is 602 g/mol. The van der Waals surface area contributed by atoms with Gasteiger partial charge in [-0.2, -0.15) is 12.6 Å². The number of esters is 2. The molecule has 0 heterocycles. The topological polar surface area (TPSA) is 174 Å². The Balaban J connectivity index is 2.94. The van der Waals surface area contributed by atoms with Crippen molar-refractivity contribution in [2.75, 3.05) is 23.9 Å². The van der Waals surface area contributed by atoms with Crippen LogP contribution >= 0.6 is 36.2 Å². The summed E-state index contributed by atoms with van der Waals surface area (Å²) in [6.45, 7) is 5.34. The van der Waals surface area contributed by atoms with E-state index in [4.69, 9.17) is 9.47 Å². The fourth-order valence-corrected chi connectivity index (χ4v) is 5.02. The molecule has 3 N–H and O–H groups in total. The van der Waals surface area contributed by atoms with Crippen molar-refractivity contribution in [2.24, 2.45) is 0 Å². The summed E-state index contributed by atoms with van der Waals surface area (Å²) >= 11 is 5.43. The highest BCUT2D eigenvalue weighted by atomic mass is 32.2. The first-order chi connectivity index (χ1) is 18.4. The van der Waals surface area contributed by atoms with E-state index in [9.17, 15) is 33.6 Å². The molecular formula is C24H31N3O9S3. The molecule has 0 aliphatic carbocycles. The van der Waals surface area contributed by atoms with Crippen molar-refractivity contribution in [3.8, 4) is 5.75 Å². The van der Waals surface area contributed by atoms with Gasteiger partial charge in [0, 0.05) is 38.0 Å². The van der Waals surface area contributed by atoms with Crippen LogP contribution in [-0.2, 0) is 33.5 Å². The molecule has 0 saturated carbocycles. The molecule has 12 nitrogen and oxygen atoms in total. The van der Waals surface area contributed by atoms with Crippen LogP contribution in [0.5, 0.6) is 5.75 Å². The minimum absolute atomic E-state index is 0.0274. The maximum atomic E-state index is 13.0. The molecule has 214 valence electrons. The van der Waals surface area contributed by atoms with E-state index >= 15 is 0 Å². The standard InChI is InChI=1S/C24H31N3O9S3/c1-5-35-21(31)18(26-14(3)29)11-39-24(34)19(27-15(4)30)12-38-23(33)16-8-6-7-9-20(16)36-22(32)17(10-37)25-13(2)28/h6-9,17-19,37H,5,10-12H2,1-4H3,(H,25,28)(H,26,29)(H,27,30). The first kappa shape index (κ1) is 34.0. The molecule has 0 saturated heterocycles. The van der Waals surface area contributed by atoms with Crippen molar-refractivity contribution in [1.29, 1.82) is 0 Å². The van der Waals surface area contributed by atoms with E-state index in [-0.39, 0.29) is 35.2 Å². The molecule has 1 aromatic rings. The van der Waals surface area contributed by atoms with E-state index in [2.05, 4.69) is 28.6 Å². The number of hydrogen-bond donors (Lipinski definition) is 4. The van der Waals surface area contributed by atoms with Gasteiger partial charge in [-0.1, -0.05) is 35.7 Å². The Morgan fingerprint density at radius 3 is 1.90 bits per heavy atom. The summed E-state index contributed by atoms with van der Waals surface area (Å²) < 4.78 is 10.2. The first-order valence-corrected chi connectivity index (χ1v) is 14.2. The van der Waals surface area contributed by atoms with Crippen molar-refractivity contribution in [3.05, 3.63) is 29.8 Å². The highest BCUT2D eigenvalue weighted by molar-refractivity contribution is 8.15. The number of nitrogens with one attached hydrogen (secondary N) is 3. The van der Waals surface area contributed by atoms with E-state index in [0.717, 1.165) is 0 Å². The van der Waals surface area contributed by atoms with Crippen LogP contribution in [0.2, 0.25) is 0 Å². The number of carbonyl (C=O) groups is 7. The zero-order chi connectivity index (χ0) is 29.5. The van der Waals surface area contributed by atoms with Gasteiger partial charge in [0.1, 0.15) is 23.9 Å². The predicted molar refractivity (Wildman–Crippen MR) is 150 cm³/mol. The van der Waals surface area contributed by atoms with Crippen LogP contribution in [0.15, 0.2) is 24.3 Å². The van der Waals surface area contributed by atoms with Gasteiger partial charge >= 0.3 is 11.9 Å². The molecule has 0 radical (unpaired) electrons.